The Morgan fingerprint density at radius 1 is 1.04 bits per heavy atom. The van der Waals surface area contributed by atoms with E-state index in [4.69, 9.17) is 0 Å². The Morgan fingerprint density at radius 2 is 1.81 bits per heavy atom. The van der Waals surface area contributed by atoms with Crippen LogP contribution in [-0.4, -0.2) is 0 Å². The third-order valence-corrected chi connectivity index (χ3v) is 7.05. The normalized spacial score (nSPS) is 28.1. The molecule has 0 aliphatic heterocycles. The van der Waals surface area contributed by atoms with Crippen molar-refractivity contribution in [1.29, 1.82) is 0 Å². The molecule has 2 aliphatic rings. The van der Waals surface area contributed by atoms with Gasteiger partial charge in [0.25, 0.3) is 0 Å². The molecular formula is C25H30F2. The van der Waals surface area contributed by atoms with Crippen LogP contribution >= 0.6 is 0 Å². The summed E-state index contributed by atoms with van der Waals surface area (Å²) in [7, 11) is 0. The van der Waals surface area contributed by atoms with E-state index in [1.807, 2.05) is 24.3 Å². The first-order valence-corrected chi connectivity index (χ1v) is 10.6. The minimum Gasteiger partial charge on any atom is -0.206 e. The summed E-state index contributed by atoms with van der Waals surface area (Å²) >= 11 is 0. The molecule has 0 N–H and O–H groups in total. The van der Waals surface area contributed by atoms with Gasteiger partial charge in [-0.25, -0.2) is 8.78 Å². The average molecular weight is 369 g/mol. The molecule has 4 rings (SSSR count). The second-order valence-electron chi connectivity index (χ2n) is 8.92. The molecule has 2 aromatic rings. The van der Waals surface area contributed by atoms with Crippen molar-refractivity contribution in [2.24, 2.45) is 17.8 Å². The maximum Gasteiger partial charge on any atom is 0.137 e. The Kier molecular flexibility index (Phi) is 5.34. The van der Waals surface area contributed by atoms with Crippen molar-refractivity contribution >= 4 is 10.8 Å². The van der Waals surface area contributed by atoms with Crippen molar-refractivity contribution in [3.63, 3.8) is 0 Å². The van der Waals surface area contributed by atoms with E-state index in [2.05, 4.69) is 13.5 Å². The first-order valence-electron chi connectivity index (χ1n) is 10.6. The van der Waals surface area contributed by atoms with Gasteiger partial charge in [-0.05, 0) is 91.2 Å². The Labute approximate surface area is 161 Å². The van der Waals surface area contributed by atoms with Crippen molar-refractivity contribution in [3.05, 3.63) is 59.7 Å². The summed E-state index contributed by atoms with van der Waals surface area (Å²) < 4.78 is 30.1. The van der Waals surface area contributed by atoms with Crippen LogP contribution in [0.2, 0.25) is 0 Å². The van der Waals surface area contributed by atoms with Crippen LogP contribution in [0.3, 0.4) is 0 Å². The molecular weight excluding hydrogens is 338 g/mol. The lowest BCUT2D eigenvalue weighted by Crippen LogP contribution is -2.29. The van der Waals surface area contributed by atoms with Crippen LogP contribution in [0.15, 0.2) is 36.9 Å². The van der Waals surface area contributed by atoms with Crippen molar-refractivity contribution in [2.45, 2.75) is 64.2 Å². The monoisotopic (exact) mass is 368 g/mol. The fraction of sp³-hybridized carbons (Fsp3) is 0.520. The van der Waals surface area contributed by atoms with Gasteiger partial charge in [-0.15, -0.1) is 6.58 Å². The van der Waals surface area contributed by atoms with Crippen molar-refractivity contribution < 1.29 is 8.78 Å². The highest BCUT2D eigenvalue weighted by Gasteiger charge is 2.35. The smallest absolute Gasteiger partial charge is 0.137 e. The molecule has 0 radical (unpaired) electrons. The minimum absolute atomic E-state index is 0.175. The van der Waals surface area contributed by atoms with Crippen LogP contribution in [0.1, 0.15) is 68.9 Å². The van der Waals surface area contributed by atoms with Crippen molar-refractivity contribution in [1.82, 2.24) is 0 Å². The fourth-order valence-corrected chi connectivity index (χ4v) is 5.58. The summed E-state index contributed by atoms with van der Waals surface area (Å²) in [6.45, 7) is 6.08. The zero-order valence-electron chi connectivity index (χ0n) is 16.3. The molecule has 2 aliphatic carbocycles. The van der Waals surface area contributed by atoms with E-state index >= 15 is 4.39 Å². The molecule has 4 unspecified atom stereocenters. The average Bonchev–Trinajstić information content (AvgIpc) is 2.66. The minimum atomic E-state index is -0.425. The molecule has 0 aromatic heterocycles. The molecule has 0 nitrogen and oxygen atoms in total. The largest absolute Gasteiger partial charge is 0.206 e. The van der Waals surface area contributed by atoms with Gasteiger partial charge in [0.1, 0.15) is 11.6 Å². The SMILES string of the molecule is C=CCCc1cc(F)c2c(F)c(C3CCC4CC(C)CCC4C3)ccc2c1. The van der Waals surface area contributed by atoms with Gasteiger partial charge < -0.3 is 0 Å². The van der Waals surface area contributed by atoms with Crippen LogP contribution < -0.4 is 0 Å². The molecule has 2 saturated carbocycles. The summed E-state index contributed by atoms with van der Waals surface area (Å²) in [5, 5.41) is 0.852. The summed E-state index contributed by atoms with van der Waals surface area (Å²) in [5.74, 6) is 1.87. The fourth-order valence-electron chi connectivity index (χ4n) is 5.58. The molecule has 0 spiro atoms. The molecule has 4 atom stereocenters. The topological polar surface area (TPSA) is 0 Å². The number of hydrogen-bond acceptors (Lipinski definition) is 0. The highest BCUT2D eigenvalue weighted by molar-refractivity contribution is 5.85. The number of fused-ring (bicyclic) bond motifs is 2. The highest BCUT2D eigenvalue weighted by atomic mass is 19.1. The van der Waals surface area contributed by atoms with Crippen molar-refractivity contribution in [3.8, 4) is 0 Å². The molecule has 27 heavy (non-hydrogen) atoms. The Morgan fingerprint density at radius 3 is 2.63 bits per heavy atom. The predicted octanol–water partition coefficient (Wildman–Crippen LogP) is 7.56. The Bertz CT molecular complexity index is 838. The van der Waals surface area contributed by atoms with Gasteiger partial charge >= 0.3 is 0 Å². The Balaban J connectivity index is 1.62. The van der Waals surface area contributed by atoms with E-state index in [9.17, 15) is 4.39 Å². The second-order valence-corrected chi connectivity index (χ2v) is 8.92. The Hall–Kier alpha value is -1.70. The number of halogens is 2. The molecule has 2 fully saturated rings. The molecule has 0 amide bonds. The third kappa shape index (κ3) is 3.68. The molecule has 0 heterocycles. The zero-order chi connectivity index (χ0) is 19.0. The number of benzene rings is 2. The number of hydrogen-bond donors (Lipinski definition) is 0. The first-order chi connectivity index (χ1) is 13.1. The summed E-state index contributed by atoms with van der Waals surface area (Å²) in [6.07, 6.45) is 10.6. The number of aryl methyl sites for hydroxylation is 1. The van der Waals surface area contributed by atoms with Gasteiger partial charge in [-0.3, -0.25) is 0 Å². The van der Waals surface area contributed by atoms with Crippen LogP contribution in [0.25, 0.3) is 10.8 Å². The second kappa shape index (κ2) is 7.73. The van der Waals surface area contributed by atoms with E-state index in [1.165, 1.54) is 31.7 Å². The zero-order valence-corrected chi connectivity index (χ0v) is 16.3. The van der Waals surface area contributed by atoms with Gasteiger partial charge in [-0.2, -0.15) is 0 Å². The highest BCUT2D eigenvalue weighted by Crippen LogP contribution is 2.48. The molecule has 144 valence electrons. The number of allylic oxidation sites excluding steroid dienone is 1. The molecule has 0 bridgehead atoms. The van der Waals surface area contributed by atoms with Gasteiger partial charge in [0, 0.05) is 0 Å². The van der Waals surface area contributed by atoms with Crippen LogP contribution in [0.4, 0.5) is 8.78 Å². The third-order valence-electron chi connectivity index (χ3n) is 7.05. The van der Waals surface area contributed by atoms with Gasteiger partial charge in [-0.1, -0.05) is 37.6 Å². The summed E-state index contributed by atoms with van der Waals surface area (Å²) in [5.41, 5.74) is 1.64. The first kappa shape index (κ1) is 18.7. The van der Waals surface area contributed by atoms with Gasteiger partial charge in [0.05, 0.1) is 5.39 Å². The maximum absolute atomic E-state index is 15.3. The van der Waals surface area contributed by atoms with E-state index < -0.39 is 5.82 Å². The van der Waals surface area contributed by atoms with Crippen LogP contribution in [0.5, 0.6) is 0 Å². The van der Waals surface area contributed by atoms with E-state index in [1.54, 1.807) is 0 Å². The van der Waals surface area contributed by atoms with Crippen LogP contribution in [-0.2, 0) is 6.42 Å². The van der Waals surface area contributed by atoms with Crippen LogP contribution in [0, 0.1) is 29.4 Å². The lowest BCUT2D eigenvalue weighted by atomic mass is 9.64. The quantitative estimate of drug-likeness (QED) is 0.489. The van der Waals surface area contributed by atoms with E-state index in [0.29, 0.717) is 5.39 Å². The standard InChI is InChI=1S/C25H30F2/c1-3-4-5-17-13-21-10-11-22(25(27)24(21)23(26)14-17)20-9-8-18-12-16(2)6-7-19(18)15-20/h3,10-11,13-14,16,18-20H,1,4-9,12,15H2,2H3. The molecule has 2 heteroatoms. The lowest BCUT2D eigenvalue weighted by Gasteiger charge is -2.41. The summed E-state index contributed by atoms with van der Waals surface area (Å²) in [4.78, 5) is 0. The molecule has 0 saturated heterocycles. The van der Waals surface area contributed by atoms with Gasteiger partial charge in [0.2, 0.25) is 0 Å². The lowest BCUT2D eigenvalue weighted by molar-refractivity contribution is 0.124. The molecule has 2 aromatic carbocycles. The predicted molar refractivity (Wildman–Crippen MR) is 109 cm³/mol. The van der Waals surface area contributed by atoms with Crippen molar-refractivity contribution in [2.75, 3.05) is 0 Å². The van der Waals surface area contributed by atoms with E-state index in [0.717, 1.165) is 54.6 Å². The van der Waals surface area contributed by atoms with Gasteiger partial charge in [0.15, 0.2) is 0 Å². The maximum atomic E-state index is 15.3. The number of rotatable bonds is 4. The summed E-state index contributed by atoms with van der Waals surface area (Å²) in [6, 6.07) is 7.26. The van der Waals surface area contributed by atoms with E-state index in [-0.39, 0.29) is 17.1 Å².